The summed E-state index contributed by atoms with van der Waals surface area (Å²) in [5.74, 6) is -0.637. The number of carbonyl (C=O) groups is 2. The Morgan fingerprint density at radius 2 is 1.52 bits per heavy atom. The zero-order valence-corrected chi connectivity index (χ0v) is 25.2. The van der Waals surface area contributed by atoms with Crippen molar-refractivity contribution in [2.75, 3.05) is 38.6 Å². The highest BCUT2D eigenvalue weighted by Gasteiger charge is 2.17. The Morgan fingerprint density at radius 1 is 0.905 bits per heavy atom. The third-order valence-electron chi connectivity index (χ3n) is 6.24. The molecule has 42 heavy (non-hydrogen) atoms. The topological polar surface area (TPSA) is 90.9 Å². The maximum absolute atomic E-state index is 12.9. The average Bonchev–Trinajstić information content (AvgIpc) is 2.94. The molecule has 0 saturated heterocycles. The molecular formula is C33H43F2N3O4. The fourth-order valence-corrected chi connectivity index (χ4v) is 4.30. The van der Waals surface area contributed by atoms with E-state index in [1.54, 1.807) is 26.2 Å². The molecule has 0 spiro atoms. The molecule has 0 aliphatic heterocycles. The molecule has 2 amide bonds. The van der Waals surface area contributed by atoms with Crippen molar-refractivity contribution in [1.82, 2.24) is 10.2 Å². The number of hydrogen-bond donors (Lipinski definition) is 3. The van der Waals surface area contributed by atoms with Crippen LogP contribution in [0.15, 0.2) is 60.7 Å². The van der Waals surface area contributed by atoms with Gasteiger partial charge in [0.15, 0.2) is 0 Å². The average molecular weight is 584 g/mol. The minimum absolute atomic E-state index is 0.0555. The zero-order chi connectivity index (χ0) is 31.1. The van der Waals surface area contributed by atoms with E-state index in [2.05, 4.69) is 10.6 Å². The quantitative estimate of drug-likeness (QED) is 0.225. The molecule has 3 N–H and O–H groups in total. The predicted molar refractivity (Wildman–Crippen MR) is 163 cm³/mol. The molecule has 3 rings (SSSR count). The first-order valence-corrected chi connectivity index (χ1v) is 14.2. The molecule has 228 valence electrons. The number of nitrogens with one attached hydrogen (secondary N) is 2. The van der Waals surface area contributed by atoms with Crippen molar-refractivity contribution in [1.29, 1.82) is 0 Å². The van der Waals surface area contributed by atoms with Gasteiger partial charge >= 0.3 is 0 Å². The highest BCUT2D eigenvalue weighted by Crippen LogP contribution is 2.17. The van der Waals surface area contributed by atoms with Gasteiger partial charge in [-0.3, -0.25) is 9.59 Å². The second kappa shape index (κ2) is 17.7. The molecule has 0 aliphatic rings. The summed E-state index contributed by atoms with van der Waals surface area (Å²) in [4.78, 5) is 27.4. The third-order valence-corrected chi connectivity index (χ3v) is 6.24. The smallest absolute Gasteiger partial charge is 0.253 e. The lowest BCUT2D eigenvalue weighted by Crippen LogP contribution is -2.34. The van der Waals surface area contributed by atoms with Crippen LogP contribution in [0.25, 0.3) is 0 Å². The van der Waals surface area contributed by atoms with Crippen LogP contribution >= 0.6 is 0 Å². The van der Waals surface area contributed by atoms with Crippen molar-refractivity contribution in [2.24, 2.45) is 0 Å². The summed E-state index contributed by atoms with van der Waals surface area (Å²) in [5.41, 5.74) is 3.30. The Labute approximate surface area is 247 Å². The van der Waals surface area contributed by atoms with Gasteiger partial charge in [-0.05, 0) is 86.7 Å². The van der Waals surface area contributed by atoms with Gasteiger partial charge < -0.3 is 25.4 Å². The van der Waals surface area contributed by atoms with Gasteiger partial charge in [-0.15, -0.1) is 0 Å². The molecule has 3 aromatic carbocycles. The summed E-state index contributed by atoms with van der Waals surface area (Å²) in [7, 11) is 1.62. The van der Waals surface area contributed by atoms with Gasteiger partial charge in [-0.1, -0.05) is 19.9 Å². The maximum atomic E-state index is 12.9. The van der Waals surface area contributed by atoms with Gasteiger partial charge in [0.25, 0.3) is 11.8 Å². The number of benzene rings is 3. The lowest BCUT2D eigenvalue weighted by Gasteiger charge is -2.22. The van der Waals surface area contributed by atoms with Crippen molar-refractivity contribution in [3.63, 3.8) is 0 Å². The van der Waals surface area contributed by atoms with E-state index in [1.807, 2.05) is 56.0 Å². The van der Waals surface area contributed by atoms with Crippen LogP contribution in [-0.2, 0) is 0 Å². The van der Waals surface area contributed by atoms with Gasteiger partial charge in [-0.25, -0.2) is 8.78 Å². The molecule has 0 radical (unpaired) electrons. The van der Waals surface area contributed by atoms with Crippen LogP contribution in [0.5, 0.6) is 5.75 Å². The van der Waals surface area contributed by atoms with E-state index in [0.717, 1.165) is 35.9 Å². The molecule has 1 atom stereocenters. The van der Waals surface area contributed by atoms with E-state index in [4.69, 9.17) is 4.74 Å². The summed E-state index contributed by atoms with van der Waals surface area (Å²) < 4.78 is 29.6. The van der Waals surface area contributed by atoms with Crippen LogP contribution in [0.3, 0.4) is 0 Å². The highest BCUT2D eigenvalue weighted by molar-refractivity contribution is 6.00. The minimum Gasteiger partial charge on any atom is -0.497 e. The Bertz CT molecular complexity index is 1250. The van der Waals surface area contributed by atoms with Crippen molar-refractivity contribution in [2.45, 2.75) is 53.1 Å². The van der Waals surface area contributed by atoms with Crippen molar-refractivity contribution in [3.05, 3.63) is 94.6 Å². The molecule has 1 unspecified atom stereocenters. The molecule has 3 aromatic rings. The number of ether oxygens (including phenoxy) is 1. The fraction of sp³-hybridized carbons (Fsp3) is 0.394. The number of anilines is 1. The van der Waals surface area contributed by atoms with Crippen LogP contribution in [-0.4, -0.2) is 61.2 Å². The first-order valence-electron chi connectivity index (χ1n) is 14.2. The van der Waals surface area contributed by atoms with E-state index in [-0.39, 0.29) is 18.4 Å². The van der Waals surface area contributed by atoms with Gasteiger partial charge in [0.1, 0.15) is 17.4 Å². The summed E-state index contributed by atoms with van der Waals surface area (Å²) in [6.45, 7) is 9.68. The van der Waals surface area contributed by atoms with Crippen LogP contribution < -0.4 is 15.4 Å². The minimum atomic E-state index is -0.692. The van der Waals surface area contributed by atoms with Crippen molar-refractivity contribution >= 4 is 17.5 Å². The van der Waals surface area contributed by atoms with Crippen LogP contribution in [0, 0.1) is 25.5 Å². The number of amides is 2. The van der Waals surface area contributed by atoms with E-state index in [1.165, 1.54) is 12.1 Å². The lowest BCUT2D eigenvalue weighted by atomic mass is 10.0. The number of methoxy groups -OCH3 is 1. The summed E-state index contributed by atoms with van der Waals surface area (Å²) in [6, 6.07) is 16.2. The van der Waals surface area contributed by atoms with Gasteiger partial charge in [-0.2, -0.15) is 0 Å². The van der Waals surface area contributed by atoms with Crippen LogP contribution in [0.1, 0.15) is 65.0 Å². The van der Waals surface area contributed by atoms with E-state index < -0.39 is 17.7 Å². The number of aryl methyl sites for hydroxylation is 2. The molecule has 0 aromatic heterocycles. The Kier molecular flexibility index (Phi) is 14.5. The SMILES string of the molecule is CCCN(CCC)C(=O)c1cc(C)cc(C(=O)NCC(O)CCNc2cccc(OC)c2)c1.Cc1cc(F)cc(F)c1. The predicted octanol–water partition coefficient (Wildman–Crippen LogP) is 6.13. The summed E-state index contributed by atoms with van der Waals surface area (Å²) in [6.07, 6.45) is 1.55. The van der Waals surface area contributed by atoms with Crippen LogP contribution in [0.4, 0.5) is 14.5 Å². The number of rotatable bonds is 13. The van der Waals surface area contributed by atoms with Crippen molar-refractivity contribution < 1.29 is 28.2 Å². The van der Waals surface area contributed by atoms with Crippen LogP contribution in [0.2, 0.25) is 0 Å². The van der Waals surface area contributed by atoms with E-state index >= 15 is 0 Å². The Balaban J connectivity index is 0.000000581. The number of aliphatic hydroxyl groups is 1. The van der Waals surface area contributed by atoms with E-state index in [9.17, 15) is 23.5 Å². The Morgan fingerprint density at radius 3 is 2.12 bits per heavy atom. The zero-order valence-electron chi connectivity index (χ0n) is 25.2. The largest absolute Gasteiger partial charge is 0.497 e. The normalized spacial score (nSPS) is 11.1. The first kappa shape index (κ1) is 34.2. The lowest BCUT2D eigenvalue weighted by molar-refractivity contribution is 0.0755. The highest BCUT2D eigenvalue weighted by atomic mass is 19.1. The van der Waals surface area contributed by atoms with E-state index in [0.29, 0.717) is 42.7 Å². The molecule has 0 aliphatic carbocycles. The number of hydrogen-bond acceptors (Lipinski definition) is 5. The number of nitrogens with zero attached hydrogens (tertiary/aromatic N) is 1. The monoisotopic (exact) mass is 583 g/mol. The Hall–Kier alpha value is -3.98. The molecular weight excluding hydrogens is 540 g/mol. The molecule has 0 fully saturated rings. The molecule has 0 bridgehead atoms. The number of halogens is 2. The summed E-state index contributed by atoms with van der Waals surface area (Å²) in [5, 5.41) is 16.3. The van der Waals surface area contributed by atoms with Gasteiger partial charge in [0.2, 0.25) is 0 Å². The molecule has 0 heterocycles. The fourth-order valence-electron chi connectivity index (χ4n) is 4.30. The second-order valence-electron chi connectivity index (χ2n) is 10.1. The number of carbonyl (C=O) groups excluding carboxylic acids is 2. The molecule has 9 heteroatoms. The summed E-state index contributed by atoms with van der Waals surface area (Å²) >= 11 is 0. The number of aliphatic hydroxyl groups excluding tert-OH is 1. The van der Waals surface area contributed by atoms with Crippen molar-refractivity contribution in [3.8, 4) is 5.75 Å². The second-order valence-corrected chi connectivity index (χ2v) is 10.1. The third kappa shape index (κ3) is 11.9. The standard InChI is InChI=1S/C26H37N3O4.C7H6F2/c1-5-12-29(13-6-2)26(32)21-15-19(3)14-20(16-21)25(31)28-18-23(30)10-11-27-22-8-7-9-24(17-22)33-4;1-5-2-6(8)4-7(9)3-5/h7-9,14-17,23,27,30H,5-6,10-13,18H2,1-4H3,(H,28,31);2-4H,1H3. The van der Waals surface area contributed by atoms with Gasteiger partial charge in [0, 0.05) is 55.1 Å². The first-order chi connectivity index (χ1) is 20.1. The maximum Gasteiger partial charge on any atom is 0.253 e. The molecule has 7 nitrogen and oxygen atoms in total. The molecule has 0 saturated carbocycles. The van der Waals surface area contributed by atoms with Gasteiger partial charge in [0.05, 0.1) is 13.2 Å².